The Morgan fingerprint density at radius 3 is 2.69 bits per heavy atom. The van der Waals surface area contributed by atoms with Crippen molar-refractivity contribution in [2.24, 2.45) is 0 Å². The number of fused-ring (bicyclic) bond motifs is 1. The molecule has 1 aromatic heterocycles. The second-order valence-electron chi connectivity index (χ2n) is 6.53. The zero-order valence-electron chi connectivity index (χ0n) is 15.6. The van der Waals surface area contributed by atoms with E-state index >= 15 is 0 Å². The minimum absolute atomic E-state index is 0.162. The van der Waals surface area contributed by atoms with Crippen LogP contribution < -0.4 is 10.6 Å². The first-order valence-corrected chi connectivity index (χ1v) is 9.80. The molecule has 2 N–H and O–H groups in total. The lowest BCUT2D eigenvalue weighted by Gasteiger charge is -2.12. The minimum Gasteiger partial charge on any atom is -0.452 e. The second-order valence-corrected chi connectivity index (χ2v) is 7.63. The predicted octanol–water partition coefficient (Wildman–Crippen LogP) is 3.29. The Kier molecular flexibility index (Phi) is 6.23. The molecule has 0 bridgehead atoms. The Bertz CT molecular complexity index is 984. The van der Waals surface area contributed by atoms with E-state index in [0.29, 0.717) is 10.6 Å². The number of thiophene rings is 1. The van der Waals surface area contributed by atoms with Gasteiger partial charge in [0.2, 0.25) is 5.91 Å². The van der Waals surface area contributed by atoms with E-state index in [0.717, 1.165) is 36.1 Å². The summed E-state index contributed by atoms with van der Waals surface area (Å²) in [4.78, 5) is 47.5. The van der Waals surface area contributed by atoms with Crippen LogP contribution in [0.25, 0.3) is 0 Å². The van der Waals surface area contributed by atoms with Crippen LogP contribution in [-0.4, -0.2) is 29.3 Å². The highest BCUT2D eigenvalue weighted by Gasteiger charge is 2.27. The van der Waals surface area contributed by atoms with Crippen molar-refractivity contribution >= 4 is 45.5 Å². The third-order valence-electron chi connectivity index (χ3n) is 4.34. The lowest BCUT2D eigenvalue weighted by Crippen LogP contribution is -2.22. The first kappa shape index (κ1) is 20.5. The topological polar surface area (TPSA) is 128 Å². The second kappa shape index (κ2) is 8.82. The number of nitro benzene ring substituents is 1. The van der Waals surface area contributed by atoms with Crippen LogP contribution in [0.3, 0.4) is 0 Å². The molecular formula is C19H19N3O6S. The summed E-state index contributed by atoms with van der Waals surface area (Å²) < 4.78 is 5.16. The van der Waals surface area contributed by atoms with Gasteiger partial charge < -0.3 is 15.4 Å². The van der Waals surface area contributed by atoms with Crippen molar-refractivity contribution < 1.29 is 24.0 Å². The minimum atomic E-state index is -0.678. The van der Waals surface area contributed by atoms with Crippen LogP contribution in [0.15, 0.2) is 24.3 Å². The molecule has 0 unspecified atom stereocenters. The van der Waals surface area contributed by atoms with Gasteiger partial charge in [-0.3, -0.25) is 19.7 Å². The third-order valence-corrected chi connectivity index (χ3v) is 5.55. The van der Waals surface area contributed by atoms with E-state index in [9.17, 15) is 24.5 Å². The highest BCUT2D eigenvalue weighted by atomic mass is 32.1. The van der Waals surface area contributed by atoms with Crippen molar-refractivity contribution in [3.8, 4) is 0 Å². The van der Waals surface area contributed by atoms with Crippen molar-refractivity contribution in [2.75, 3.05) is 17.2 Å². The van der Waals surface area contributed by atoms with Crippen molar-refractivity contribution in [1.82, 2.24) is 0 Å². The fourth-order valence-corrected chi connectivity index (χ4v) is 4.45. The number of ether oxygens (including phenoxy) is 1. The van der Waals surface area contributed by atoms with E-state index in [-0.39, 0.29) is 17.3 Å². The molecule has 0 saturated heterocycles. The number of benzene rings is 1. The summed E-state index contributed by atoms with van der Waals surface area (Å²) in [6.45, 7) is 0.811. The van der Waals surface area contributed by atoms with Crippen LogP contribution in [-0.2, 0) is 27.2 Å². The number of anilines is 2. The smallest absolute Gasteiger partial charge is 0.341 e. The molecule has 152 valence electrons. The summed E-state index contributed by atoms with van der Waals surface area (Å²) in [7, 11) is 0. The monoisotopic (exact) mass is 417 g/mol. The number of amides is 2. The highest BCUT2D eigenvalue weighted by molar-refractivity contribution is 7.17. The molecule has 2 amide bonds. The van der Waals surface area contributed by atoms with Gasteiger partial charge in [0, 0.05) is 29.6 Å². The Morgan fingerprint density at radius 1 is 1.21 bits per heavy atom. The van der Waals surface area contributed by atoms with Gasteiger partial charge in [-0.1, -0.05) is 6.07 Å². The fourth-order valence-electron chi connectivity index (χ4n) is 3.13. The van der Waals surface area contributed by atoms with Crippen LogP contribution in [0.2, 0.25) is 0 Å². The largest absolute Gasteiger partial charge is 0.452 e. The number of esters is 1. The molecule has 10 heteroatoms. The Morgan fingerprint density at radius 2 is 1.97 bits per heavy atom. The number of nitrogens with one attached hydrogen (secondary N) is 2. The highest BCUT2D eigenvalue weighted by Crippen LogP contribution is 2.38. The summed E-state index contributed by atoms with van der Waals surface area (Å²) in [6.07, 6.45) is 3.52. The lowest BCUT2D eigenvalue weighted by atomic mass is 9.95. The molecule has 0 radical (unpaired) electrons. The van der Waals surface area contributed by atoms with Gasteiger partial charge in [0.1, 0.15) is 5.00 Å². The quantitative estimate of drug-likeness (QED) is 0.422. The van der Waals surface area contributed by atoms with Gasteiger partial charge in [-0.25, -0.2) is 4.79 Å². The molecule has 2 aromatic rings. The van der Waals surface area contributed by atoms with E-state index in [1.807, 2.05) is 0 Å². The molecule has 29 heavy (non-hydrogen) atoms. The number of rotatable bonds is 6. The zero-order valence-corrected chi connectivity index (χ0v) is 16.5. The maximum atomic E-state index is 12.6. The van der Waals surface area contributed by atoms with Gasteiger partial charge in [-0.05, 0) is 37.3 Å². The van der Waals surface area contributed by atoms with Crippen LogP contribution in [0, 0.1) is 10.1 Å². The molecule has 0 aliphatic heterocycles. The number of hydrogen-bond acceptors (Lipinski definition) is 7. The van der Waals surface area contributed by atoms with Crippen LogP contribution >= 0.6 is 11.3 Å². The molecule has 0 fully saturated rings. The average Bonchev–Trinajstić information content (AvgIpc) is 3.03. The number of nitro groups is 1. The van der Waals surface area contributed by atoms with Crippen LogP contribution in [0.1, 0.15) is 40.6 Å². The van der Waals surface area contributed by atoms with Crippen molar-refractivity contribution in [3.05, 3.63) is 50.4 Å². The van der Waals surface area contributed by atoms with Gasteiger partial charge >= 0.3 is 5.97 Å². The Hall–Kier alpha value is -3.27. The molecule has 0 atom stereocenters. The Balaban J connectivity index is 1.68. The van der Waals surface area contributed by atoms with Gasteiger partial charge in [-0.15, -0.1) is 11.3 Å². The SMILES string of the molecule is CC(=O)Nc1sc2c(c1C(=O)OCC(=O)Nc1cccc([N+](=O)[O-])c1)CCCC2. The summed E-state index contributed by atoms with van der Waals surface area (Å²) in [5.41, 5.74) is 1.24. The van der Waals surface area contributed by atoms with E-state index in [4.69, 9.17) is 4.74 Å². The summed E-state index contributed by atoms with van der Waals surface area (Å²) >= 11 is 1.36. The number of non-ortho nitro benzene ring substituents is 1. The third kappa shape index (κ3) is 4.96. The Labute approximate surface area is 170 Å². The van der Waals surface area contributed by atoms with E-state index in [2.05, 4.69) is 10.6 Å². The zero-order chi connectivity index (χ0) is 21.0. The number of carbonyl (C=O) groups excluding carboxylic acids is 3. The van der Waals surface area contributed by atoms with Crippen molar-refractivity contribution in [3.63, 3.8) is 0 Å². The predicted molar refractivity (Wildman–Crippen MR) is 107 cm³/mol. The van der Waals surface area contributed by atoms with E-state index in [1.54, 1.807) is 0 Å². The van der Waals surface area contributed by atoms with Gasteiger partial charge in [-0.2, -0.15) is 0 Å². The normalized spacial score (nSPS) is 12.6. The summed E-state index contributed by atoms with van der Waals surface area (Å²) in [5.74, 6) is -1.59. The van der Waals surface area contributed by atoms with Crippen LogP contribution in [0.4, 0.5) is 16.4 Å². The standard InChI is InChI=1S/C19H19N3O6S/c1-11(23)20-18-17(14-7-2-3-8-15(14)29-18)19(25)28-10-16(24)21-12-5-4-6-13(9-12)22(26)27/h4-6,9H,2-3,7-8,10H2,1H3,(H,20,23)(H,21,24). The average molecular weight is 417 g/mol. The molecule has 1 aromatic carbocycles. The molecule has 3 rings (SSSR count). The number of nitrogens with zero attached hydrogens (tertiary/aromatic N) is 1. The lowest BCUT2D eigenvalue weighted by molar-refractivity contribution is -0.384. The fraction of sp³-hybridized carbons (Fsp3) is 0.316. The van der Waals surface area contributed by atoms with Gasteiger partial charge in [0.15, 0.2) is 6.61 Å². The molecule has 1 aliphatic carbocycles. The first-order valence-electron chi connectivity index (χ1n) is 8.98. The van der Waals surface area contributed by atoms with Gasteiger partial charge in [0.25, 0.3) is 11.6 Å². The molecule has 0 saturated carbocycles. The van der Waals surface area contributed by atoms with Crippen molar-refractivity contribution in [2.45, 2.75) is 32.6 Å². The van der Waals surface area contributed by atoms with E-state index < -0.39 is 23.4 Å². The number of carbonyl (C=O) groups is 3. The number of hydrogen-bond donors (Lipinski definition) is 2. The van der Waals surface area contributed by atoms with Gasteiger partial charge in [0.05, 0.1) is 10.5 Å². The summed E-state index contributed by atoms with van der Waals surface area (Å²) in [5, 5.41) is 16.4. The molecular weight excluding hydrogens is 398 g/mol. The summed E-state index contributed by atoms with van der Waals surface area (Å²) in [6, 6.07) is 5.46. The first-order chi connectivity index (χ1) is 13.8. The maximum Gasteiger partial charge on any atom is 0.341 e. The van der Waals surface area contributed by atoms with Crippen LogP contribution in [0.5, 0.6) is 0 Å². The number of aryl methyl sites for hydroxylation is 1. The molecule has 1 aliphatic rings. The molecule has 1 heterocycles. The van der Waals surface area contributed by atoms with E-state index in [1.165, 1.54) is 42.5 Å². The van der Waals surface area contributed by atoms with Crippen molar-refractivity contribution in [1.29, 1.82) is 0 Å². The maximum absolute atomic E-state index is 12.6. The molecule has 9 nitrogen and oxygen atoms in total. The molecule has 0 spiro atoms.